The van der Waals surface area contributed by atoms with Crippen LogP contribution < -0.4 is 10.1 Å². The van der Waals surface area contributed by atoms with E-state index in [0.717, 1.165) is 17.0 Å². The molecule has 1 fully saturated rings. The summed E-state index contributed by atoms with van der Waals surface area (Å²) in [4.78, 5) is 28.2. The zero-order valence-corrected chi connectivity index (χ0v) is 16.4. The van der Waals surface area contributed by atoms with Crippen molar-refractivity contribution in [3.63, 3.8) is 0 Å². The summed E-state index contributed by atoms with van der Waals surface area (Å²) in [6.07, 6.45) is 0.307. The van der Waals surface area contributed by atoms with E-state index in [2.05, 4.69) is 10.3 Å². The zero-order chi connectivity index (χ0) is 18.9. The van der Waals surface area contributed by atoms with Gasteiger partial charge in [0.1, 0.15) is 15.5 Å². The van der Waals surface area contributed by atoms with Crippen LogP contribution in [0.25, 0.3) is 11.3 Å². The summed E-state index contributed by atoms with van der Waals surface area (Å²) in [5, 5.41) is 4.84. The monoisotopic (exact) mass is 414 g/mol. The van der Waals surface area contributed by atoms with Crippen molar-refractivity contribution in [2.24, 2.45) is 5.41 Å². The highest BCUT2D eigenvalue weighted by molar-refractivity contribution is 7.14. The molecule has 1 saturated carbocycles. The van der Waals surface area contributed by atoms with Crippen LogP contribution in [0.1, 0.15) is 13.3 Å². The van der Waals surface area contributed by atoms with Crippen molar-refractivity contribution in [3.05, 3.63) is 29.6 Å². The number of methoxy groups -OCH3 is 1. The molecular weight excluding hydrogens is 399 g/mol. The van der Waals surface area contributed by atoms with Gasteiger partial charge < -0.3 is 9.47 Å². The second kappa shape index (κ2) is 7.06. The normalized spacial score (nSPS) is 20.3. The van der Waals surface area contributed by atoms with Gasteiger partial charge in [0.05, 0.1) is 12.8 Å². The lowest BCUT2D eigenvalue weighted by atomic mass is 10.1. The molecule has 1 N–H and O–H groups in total. The molecule has 138 valence electrons. The van der Waals surface area contributed by atoms with Gasteiger partial charge in [0.15, 0.2) is 11.7 Å². The van der Waals surface area contributed by atoms with Crippen LogP contribution in [0.3, 0.4) is 0 Å². The van der Waals surface area contributed by atoms with Crippen molar-refractivity contribution >= 4 is 51.5 Å². The topological polar surface area (TPSA) is 77.5 Å². The van der Waals surface area contributed by atoms with E-state index in [4.69, 9.17) is 32.7 Å². The number of esters is 1. The van der Waals surface area contributed by atoms with Gasteiger partial charge >= 0.3 is 5.97 Å². The second-order valence-electron chi connectivity index (χ2n) is 6.10. The van der Waals surface area contributed by atoms with Crippen LogP contribution >= 0.6 is 34.5 Å². The number of anilines is 1. The number of benzene rings is 1. The minimum atomic E-state index is -1.12. The molecule has 0 spiro atoms. The van der Waals surface area contributed by atoms with Crippen molar-refractivity contribution in [2.45, 2.75) is 17.7 Å². The van der Waals surface area contributed by atoms with Gasteiger partial charge in [-0.05, 0) is 31.2 Å². The molecule has 1 atom stereocenters. The third kappa shape index (κ3) is 3.79. The van der Waals surface area contributed by atoms with Crippen LogP contribution in [0.2, 0.25) is 0 Å². The van der Waals surface area contributed by atoms with Gasteiger partial charge in [-0.15, -0.1) is 34.5 Å². The molecule has 1 heterocycles. The zero-order valence-electron chi connectivity index (χ0n) is 14.0. The number of amides is 1. The Morgan fingerprint density at radius 3 is 2.54 bits per heavy atom. The van der Waals surface area contributed by atoms with Crippen LogP contribution in [0.5, 0.6) is 5.75 Å². The Bertz CT molecular complexity index is 838. The molecule has 26 heavy (non-hydrogen) atoms. The number of halogens is 2. The molecule has 1 aliphatic carbocycles. The summed E-state index contributed by atoms with van der Waals surface area (Å²) in [6.45, 7) is 1.19. The van der Waals surface area contributed by atoms with Crippen molar-refractivity contribution < 1.29 is 19.1 Å². The van der Waals surface area contributed by atoms with Crippen molar-refractivity contribution in [2.75, 3.05) is 19.0 Å². The molecule has 6 nitrogen and oxygen atoms in total. The molecule has 0 bridgehead atoms. The van der Waals surface area contributed by atoms with E-state index in [-0.39, 0.29) is 0 Å². The van der Waals surface area contributed by atoms with E-state index in [9.17, 15) is 9.59 Å². The molecule has 9 heteroatoms. The molecule has 1 aromatic carbocycles. The van der Waals surface area contributed by atoms with Crippen LogP contribution in [-0.2, 0) is 14.3 Å². The first-order chi connectivity index (χ1) is 12.2. The molecule has 1 aliphatic rings. The summed E-state index contributed by atoms with van der Waals surface area (Å²) in [7, 11) is 1.60. The molecule has 1 aromatic heterocycles. The fourth-order valence-corrected chi connectivity index (χ4v) is 3.72. The smallest absolute Gasteiger partial charge is 0.315 e. The average molecular weight is 415 g/mol. The fourth-order valence-electron chi connectivity index (χ4n) is 2.29. The number of hydrogen-bond donors (Lipinski definition) is 1. The van der Waals surface area contributed by atoms with E-state index >= 15 is 0 Å². The summed E-state index contributed by atoms with van der Waals surface area (Å²) in [5.74, 6) is -0.315. The lowest BCUT2D eigenvalue weighted by Crippen LogP contribution is -2.26. The predicted molar refractivity (Wildman–Crippen MR) is 101 cm³/mol. The summed E-state index contributed by atoms with van der Waals surface area (Å²) < 4.78 is 8.99. The van der Waals surface area contributed by atoms with Gasteiger partial charge in [-0.3, -0.25) is 14.9 Å². The number of rotatable bonds is 6. The SMILES string of the molecule is COc1ccc(-c2csc(NC(=O)COC(=O)[C@]3(C)CC3(Cl)Cl)n2)cc1. The summed E-state index contributed by atoms with van der Waals surface area (Å²) in [6, 6.07) is 7.42. The van der Waals surface area contributed by atoms with Gasteiger partial charge in [-0.1, -0.05) is 0 Å². The lowest BCUT2D eigenvalue weighted by molar-refractivity contribution is -0.152. The minimum absolute atomic E-state index is 0.307. The molecule has 3 rings (SSSR count). The Kier molecular flexibility index (Phi) is 5.14. The maximum Gasteiger partial charge on any atom is 0.315 e. The second-order valence-corrected chi connectivity index (χ2v) is 8.45. The van der Waals surface area contributed by atoms with Crippen molar-refractivity contribution in [1.82, 2.24) is 4.98 Å². The van der Waals surface area contributed by atoms with E-state index in [1.54, 1.807) is 14.0 Å². The third-order valence-corrected chi connectivity index (χ3v) is 6.04. The lowest BCUT2D eigenvalue weighted by Gasteiger charge is -2.11. The van der Waals surface area contributed by atoms with Gasteiger partial charge in [-0.2, -0.15) is 0 Å². The number of hydrogen-bond acceptors (Lipinski definition) is 6. The van der Waals surface area contributed by atoms with E-state index in [0.29, 0.717) is 11.6 Å². The highest BCUT2D eigenvalue weighted by Crippen LogP contribution is 2.64. The Labute approximate surface area is 164 Å². The Hall–Kier alpha value is -1.83. The fraction of sp³-hybridized carbons (Fsp3) is 0.353. The van der Waals surface area contributed by atoms with Gasteiger partial charge in [-0.25, -0.2) is 4.98 Å². The molecule has 2 aromatic rings. The van der Waals surface area contributed by atoms with Crippen LogP contribution in [-0.4, -0.2) is 34.9 Å². The summed E-state index contributed by atoms with van der Waals surface area (Å²) in [5.41, 5.74) is 0.666. The van der Waals surface area contributed by atoms with Crippen LogP contribution in [0.4, 0.5) is 5.13 Å². The number of alkyl halides is 2. The van der Waals surface area contributed by atoms with Gasteiger partial charge in [0.2, 0.25) is 0 Å². The molecule has 0 radical (unpaired) electrons. The van der Waals surface area contributed by atoms with Crippen molar-refractivity contribution in [1.29, 1.82) is 0 Å². The number of nitrogens with one attached hydrogen (secondary N) is 1. The third-order valence-electron chi connectivity index (χ3n) is 4.18. The first kappa shape index (κ1) is 18.9. The van der Waals surface area contributed by atoms with Gasteiger partial charge in [0.25, 0.3) is 5.91 Å². The number of aromatic nitrogens is 1. The maximum atomic E-state index is 12.0. The summed E-state index contributed by atoms with van der Waals surface area (Å²) >= 11 is 13.1. The first-order valence-corrected chi connectivity index (χ1v) is 9.33. The van der Waals surface area contributed by atoms with E-state index < -0.39 is 28.2 Å². The van der Waals surface area contributed by atoms with Crippen LogP contribution in [0, 0.1) is 5.41 Å². The molecule has 1 amide bonds. The highest BCUT2D eigenvalue weighted by Gasteiger charge is 2.69. The maximum absolute atomic E-state index is 12.0. The predicted octanol–water partition coefficient (Wildman–Crippen LogP) is 3.88. The first-order valence-electron chi connectivity index (χ1n) is 7.70. The number of carbonyl (C=O) groups excluding carboxylic acids is 2. The molecule has 0 aliphatic heterocycles. The Balaban J connectivity index is 1.54. The van der Waals surface area contributed by atoms with Crippen LogP contribution in [0.15, 0.2) is 29.6 Å². The van der Waals surface area contributed by atoms with E-state index in [1.807, 2.05) is 29.6 Å². The largest absolute Gasteiger partial charge is 0.497 e. The Morgan fingerprint density at radius 1 is 1.31 bits per heavy atom. The number of nitrogens with zero attached hydrogens (tertiary/aromatic N) is 1. The van der Waals surface area contributed by atoms with Crippen molar-refractivity contribution in [3.8, 4) is 17.0 Å². The molecular formula is C17H16Cl2N2O4S. The van der Waals surface area contributed by atoms with E-state index in [1.165, 1.54) is 11.3 Å². The highest BCUT2D eigenvalue weighted by atomic mass is 35.5. The minimum Gasteiger partial charge on any atom is -0.497 e. The van der Waals surface area contributed by atoms with Gasteiger partial charge in [0, 0.05) is 17.4 Å². The number of thiazole rings is 1. The number of ether oxygens (including phenoxy) is 2. The quantitative estimate of drug-likeness (QED) is 0.572. The molecule has 0 unspecified atom stereocenters. The Morgan fingerprint density at radius 2 is 1.96 bits per heavy atom. The average Bonchev–Trinajstić information content (AvgIpc) is 2.95. The standard InChI is InChI=1S/C17H16Cl2N2O4S/c1-16(9-17(16,18)19)14(23)25-7-13(22)21-15-20-12(8-26-15)10-3-5-11(24-2)6-4-10/h3-6,8H,7,9H2,1-2H3,(H,20,21,22)/t16-/m0/s1. The number of carbonyl (C=O) groups is 2. The molecule has 0 saturated heterocycles.